The molecule has 2 aliphatic heterocycles. The molecule has 37 heavy (non-hydrogen) atoms. The van der Waals surface area contributed by atoms with Crippen LogP contribution in [0.15, 0.2) is 24.3 Å². The van der Waals surface area contributed by atoms with Crippen molar-refractivity contribution in [3.05, 3.63) is 41.2 Å². The van der Waals surface area contributed by atoms with Gasteiger partial charge in [-0.1, -0.05) is 0 Å². The van der Waals surface area contributed by atoms with Gasteiger partial charge < -0.3 is 29.4 Å². The zero-order valence-corrected chi connectivity index (χ0v) is 21.1. The first-order chi connectivity index (χ1) is 18.2. The Balaban J connectivity index is 1.21. The van der Waals surface area contributed by atoms with Crippen LogP contribution in [0.2, 0.25) is 0 Å². The maximum atomic E-state index is 13.4. The van der Waals surface area contributed by atoms with Crippen LogP contribution in [0, 0.1) is 0 Å². The number of H-pyrrole nitrogens is 1. The smallest absolute Gasteiger partial charge is 0.274 e. The monoisotopic (exact) mass is 506 g/mol. The molecular weight excluding hydrogens is 472 g/mol. The fourth-order valence-corrected chi connectivity index (χ4v) is 5.29. The lowest BCUT2D eigenvalue weighted by Gasteiger charge is -2.27. The van der Waals surface area contributed by atoms with Crippen LogP contribution in [-0.2, 0) is 22.3 Å². The molecule has 0 atom stereocenters. The van der Waals surface area contributed by atoms with Crippen molar-refractivity contribution < 1.29 is 19.0 Å². The summed E-state index contributed by atoms with van der Waals surface area (Å²) in [6.07, 6.45) is 4.59. The molecule has 0 unspecified atom stereocenters. The molecule has 3 aliphatic rings. The minimum atomic E-state index is -0.279. The van der Waals surface area contributed by atoms with Crippen molar-refractivity contribution in [2.24, 2.45) is 0 Å². The maximum absolute atomic E-state index is 13.4. The molecule has 0 radical (unpaired) electrons. The second-order valence-electron chi connectivity index (χ2n) is 9.80. The molecule has 2 fully saturated rings. The number of amides is 1. The van der Waals surface area contributed by atoms with Gasteiger partial charge in [0.05, 0.1) is 26.4 Å². The molecule has 1 aromatic carbocycles. The number of fused-ring (bicyclic) bond motifs is 3. The van der Waals surface area contributed by atoms with Crippen molar-refractivity contribution in [3.63, 3.8) is 0 Å². The highest BCUT2D eigenvalue weighted by Gasteiger charge is 2.21. The number of nitrogens with zero attached hydrogens (tertiary/aromatic N) is 4. The zero-order chi connectivity index (χ0) is 25.0. The maximum Gasteiger partial charge on any atom is 0.274 e. The Bertz CT molecular complexity index is 1250. The molecule has 3 aromatic rings. The number of aromatic nitrogens is 3. The van der Waals surface area contributed by atoms with Crippen molar-refractivity contribution in [1.82, 2.24) is 19.9 Å². The Kier molecular flexibility index (Phi) is 7.20. The molecule has 2 saturated heterocycles. The number of benzene rings is 1. The predicted octanol–water partition coefficient (Wildman–Crippen LogP) is 2.64. The summed E-state index contributed by atoms with van der Waals surface area (Å²) in [6, 6.07) is 7.68. The van der Waals surface area contributed by atoms with E-state index in [-0.39, 0.29) is 11.6 Å². The van der Waals surface area contributed by atoms with Crippen molar-refractivity contribution in [3.8, 4) is 5.88 Å². The number of aromatic amines is 1. The van der Waals surface area contributed by atoms with Crippen LogP contribution in [0.25, 0.3) is 10.9 Å². The van der Waals surface area contributed by atoms with E-state index < -0.39 is 0 Å². The van der Waals surface area contributed by atoms with E-state index >= 15 is 0 Å². The first-order valence-electron chi connectivity index (χ1n) is 13.3. The lowest BCUT2D eigenvalue weighted by Crippen LogP contribution is -2.39. The summed E-state index contributed by atoms with van der Waals surface area (Å²) < 4.78 is 16.9. The Labute approximate surface area is 216 Å². The van der Waals surface area contributed by atoms with E-state index in [1.165, 1.54) is 29.5 Å². The molecule has 2 N–H and O–H groups in total. The van der Waals surface area contributed by atoms with Crippen LogP contribution in [0.5, 0.6) is 5.88 Å². The van der Waals surface area contributed by atoms with Gasteiger partial charge in [-0.2, -0.15) is 4.98 Å². The van der Waals surface area contributed by atoms with E-state index in [1.54, 1.807) is 6.07 Å². The highest BCUT2D eigenvalue weighted by molar-refractivity contribution is 6.04. The topological polar surface area (TPSA) is 105 Å². The number of carbonyl (C=O) groups excluding carboxylic acids is 1. The molecule has 196 valence electrons. The summed E-state index contributed by atoms with van der Waals surface area (Å²) in [5.74, 6) is 0.622. The second kappa shape index (κ2) is 11.0. The fraction of sp³-hybridized carbons (Fsp3) is 0.519. The molecule has 0 bridgehead atoms. The second-order valence-corrected chi connectivity index (χ2v) is 9.80. The van der Waals surface area contributed by atoms with Gasteiger partial charge in [0.2, 0.25) is 11.8 Å². The van der Waals surface area contributed by atoms with Crippen molar-refractivity contribution >= 4 is 28.4 Å². The number of hydrogen-bond acceptors (Lipinski definition) is 8. The molecule has 4 heterocycles. The van der Waals surface area contributed by atoms with E-state index in [0.29, 0.717) is 44.7 Å². The number of rotatable bonds is 7. The summed E-state index contributed by atoms with van der Waals surface area (Å²) in [6.45, 7) is 7.11. The first-order valence-corrected chi connectivity index (χ1v) is 13.3. The van der Waals surface area contributed by atoms with Gasteiger partial charge in [0.25, 0.3) is 5.91 Å². The number of morpholine rings is 2. The highest BCUT2D eigenvalue weighted by atomic mass is 16.5. The van der Waals surface area contributed by atoms with Crippen molar-refractivity contribution in [1.29, 1.82) is 0 Å². The molecular formula is C27H34N6O4. The lowest BCUT2D eigenvalue weighted by atomic mass is 9.95. The van der Waals surface area contributed by atoms with E-state index in [0.717, 1.165) is 56.9 Å². The molecule has 0 spiro atoms. The van der Waals surface area contributed by atoms with Gasteiger partial charge in [-0.05, 0) is 49.4 Å². The first kappa shape index (κ1) is 24.1. The minimum Gasteiger partial charge on any atom is -0.476 e. The number of aryl methyl sites for hydroxylation is 2. The van der Waals surface area contributed by atoms with Gasteiger partial charge in [-0.25, -0.2) is 4.98 Å². The molecule has 6 rings (SSSR count). The van der Waals surface area contributed by atoms with E-state index in [4.69, 9.17) is 14.2 Å². The van der Waals surface area contributed by atoms with Gasteiger partial charge >= 0.3 is 0 Å². The van der Waals surface area contributed by atoms with Gasteiger partial charge in [0, 0.05) is 61.1 Å². The Morgan fingerprint density at radius 1 is 1.00 bits per heavy atom. The van der Waals surface area contributed by atoms with Crippen molar-refractivity contribution in [2.75, 3.05) is 76.0 Å². The molecule has 10 heteroatoms. The fourth-order valence-electron chi connectivity index (χ4n) is 5.29. The average molecular weight is 507 g/mol. The van der Waals surface area contributed by atoms with Crippen LogP contribution in [0.1, 0.15) is 34.6 Å². The lowest BCUT2D eigenvalue weighted by molar-refractivity contribution is 0.0320. The molecule has 0 saturated carbocycles. The standard InChI is InChI=1S/C27H34N6O4/c34-26(28-19-5-6-23-21(17-19)20-3-1-2-4-22(20)29-23)24-18-25(37-16-9-32-7-12-35-13-8-32)31-27(30-24)33-10-14-36-15-11-33/h5-6,17-18,29H,1-4,7-16H2,(H,28,34). The summed E-state index contributed by atoms with van der Waals surface area (Å²) in [5, 5.41) is 4.24. The summed E-state index contributed by atoms with van der Waals surface area (Å²) in [5.41, 5.74) is 4.87. The van der Waals surface area contributed by atoms with E-state index in [9.17, 15) is 4.79 Å². The number of ether oxygens (including phenoxy) is 3. The molecule has 2 aromatic heterocycles. The predicted molar refractivity (Wildman–Crippen MR) is 141 cm³/mol. The third-order valence-corrected chi connectivity index (χ3v) is 7.33. The number of nitrogens with one attached hydrogen (secondary N) is 2. The van der Waals surface area contributed by atoms with Crippen molar-refractivity contribution in [2.45, 2.75) is 25.7 Å². The molecule has 1 aliphatic carbocycles. The van der Waals surface area contributed by atoms with E-state index in [1.807, 2.05) is 17.0 Å². The summed E-state index contributed by atoms with van der Waals surface area (Å²) >= 11 is 0. The Hall–Kier alpha value is -3.21. The SMILES string of the molecule is O=C(Nc1ccc2[nH]c3c(c2c1)CCCC3)c1cc(OCCN2CCOCC2)nc(N2CCOCC2)n1. The minimum absolute atomic E-state index is 0.279. The Morgan fingerprint density at radius 2 is 1.78 bits per heavy atom. The number of carbonyl (C=O) groups is 1. The molecule has 1 amide bonds. The Morgan fingerprint density at radius 3 is 2.62 bits per heavy atom. The normalized spacial score (nSPS) is 18.5. The highest BCUT2D eigenvalue weighted by Crippen LogP contribution is 2.31. The average Bonchev–Trinajstić information content (AvgIpc) is 3.32. The number of hydrogen-bond donors (Lipinski definition) is 2. The largest absolute Gasteiger partial charge is 0.476 e. The van der Waals surface area contributed by atoms with Gasteiger partial charge in [-0.15, -0.1) is 0 Å². The summed E-state index contributed by atoms with van der Waals surface area (Å²) in [7, 11) is 0. The third-order valence-electron chi connectivity index (χ3n) is 7.33. The van der Waals surface area contributed by atoms with Crippen LogP contribution < -0.4 is 15.0 Å². The van der Waals surface area contributed by atoms with Gasteiger partial charge in [0.15, 0.2) is 0 Å². The van der Waals surface area contributed by atoms with Crippen LogP contribution in [0.4, 0.5) is 11.6 Å². The van der Waals surface area contributed by atoms with Gasteiger partial charge in [-0.3, -0.25) is 9.69 Å². The summed E-state index contributed by atoms with van der Waals surface area (Å²) in [4.78, 5) is 30.5. The quantitative estimate of drug-likeness (QED) is 0.504. The third kappa shape index (κ3) is 5.56. The van der Waals surface area contributed by atoms with Gasteiger partial charge in [0.1, 0.15) is 12.3 Å². The van der Waals surface area contributed by atoms with Crippen LogP contribution >= 0.6 is 0 Å². The van der Waals surface area contributed by atoms with Crippen LogP contribution in [0.3, 0.4) is 0 Å². The zero-order valence-electron chi connectivity index (χ0n) is 21.1. The number of anilines is 2. The van der Waals surface area contributed by atoms with Crippen LogP contribution in [-0.4, -0.2) is 91.5 Å². The molecule has 10 nitrogen and oxygen atoms in total. The van der Waals surface area contributed by atoms with E-state index in [2.05, 4.69) is 31.2 Å².